The van der Waals surface area contributed by atoms with Gasteiger partial charge in [0, 0.05) is 36.0 Å². The summed E-state index contributed by atoms with van der Waals surface area (Å²) in [5.41, 5.74) is 1.11. The molecule has 122 valence electrons. The summed E-state index contributed by atoms with van der Waals surface area (Å²) in [6, 6.07) is 0. The second-order valence-electron chi connectivity index (χ2n) is 6.99. The van der Waals surface area contributed by atoms with Crippen molar-refractivity contribution < 1.29 is 9.15 Å². The quantitative estimate of drug-likeness (QED) is 0.858. The van der Waals surface area contributed by atoms with E-state index < -0.39 is 0 Å². The van der Waals surface area contributed by atoms with Gasteiger partial charge >= 0.3 is 0 Å². The number of rotatable bonds is 4. The van der Waals surface area contributed by atoms with Gasteiger partial charge in [-0.05, 0) is 26.2 Å². The van der Waals surface area contributed by atoms with Gasteiger partial charge in [0.2, 0.25) is 11.8 Å². The lowest BCUT2D eigenvalue weighted by molar-refractivity contribution is 0.0222. The van der Waals surface area contributed by atoms with Crippen molar-refractivity contribution in [1.29, 1.82) is 0 Å². The number of hydrogen-bond donors (Lipinski definition) is 0. The van der Waals surface area contributed by atoms with Crippen LogP contribution in [0.3, 0.4) is 0 Å². The van der Waals surface area contributed by atoms with E-state index >= 15 is 0 Å². The Hall–Kier alpha value is -1.31. The van der Waals surface area contributed by atoms with Gasteiger partial charge in [0.05, 0.1) is 12.6 Å². The van der Waals surface area contributed by atoms with Crippen molar-refractivity contribution >= 4 is 11.3 Å². The molecule has 2 aromatic heterocycles. The van der Waals surface area contributed by atoms with Crippen LogP contribution in [-0.2, 0) is 11.3 Å². The van der Waals surface area contributed by atoms with Crippen LogP contribution in [0.2, 0.25) is 0 Å². The molecule has 1 saturated carbocycles. The fourth-order valence-electron chi connectivity index (χ4n) is 3.68. The average molecular weight is 332 g/mol. The van der Waals surface area contributed by atoms with Gasteiger partial charge in [-0.3, -0.25) is 4.90 Å². The summed E-state index contributed by atoms with van der Waals surface area (Å²) >= 11 is 1.75. The number of likely N-dealkylation sites (tertiary alicyclic amines) is 1. The van der Waals surface area contributed by atoms with Gasteiger partial charge in [-0.15, -0.1) is 21.5 Å². The molecule has 4 heterocycles. The Balaban J connectivity index is 1.20. The third kappa shape index (κ3) is 2.70. The van der Waals surface area contributed by atoms with Crippen molar-refractivity contribution in [1.82, 2.24) is 20.1 Å². The number of aromatic nitrogens is 3. The van der Waals surface area contributed by atoms with Crippen molar-refractivity contribution in [3.8, 4) is 0 Å². The van der Waals surface area contributed by atoms with E-state index in [4.69, 9.17) is 9.15 Å². The third-order valence-corrected chi connectivity index (χ3v) is 5.95. The summed E-state index contributed by atoms with van der Waals surface area (Å²) in [6.07, 6.45) is 3.64. The largest absolute Gasteiger partial charge is 0.422 e. The molecule has 2 aliphatic heterocycles. The molecule has 7 heteroatoms. The van der Waals surface area contributed by atoms with Gasteiger partial charge in [0.25, 0.3) is 0 Å². The number of fused-ring (bicyclic) bond motifs is 1. The summed E-state index contributed by atoms with van der Waals surface area (Å²) in [4.78, 5) is 7.01. The van der Waals surface area contributed by atoms with E-state index in [0.29, 0.717) is 17.7 Å². The van der Waals surface area contributed by atoms with Crippen LogP contribution in [0.25, 0.3) is 0 Å². The SMILES string of the molecule is Cc1csc(CN2C[C@H]3C[C@H](c4nnc(C5CC5)o4)O[C@H]3C2)n1. The van der Waals surface area contributed by atoms with Gasteiger partial charge in [0.1, 0.15) is 11.1 Å². The van der Waals surface area contributed by atoms with Crippen LogP contribution in [0.1, 0.15) is 53.8 Å². The van der Waals surface area contributed by atoms with E-state index in [-0.39, 0.29) is 12.2 Å². The normalized spacial score (nSPS) is 30.9. The second-order valence-corrected chi connectivity index (χ2v) is 7.93. The highest BCUT2D eigenvalue weighted by Gasteiger charge is 2.44. The van der Waals surface area contributed by atoms with Crippen molar-refractivity contribution in [3.63, 3.8) is 0 Å². The van der Waals surface area contributed by atoms with Gasteiger partial charge in [-0.25, -0.2) is 4.98 Å². The molecule has 5 rings (SSSR count). The molecule has 0 aromatic carbocycles. The lowest BCUT2D eigenvalue weighted by Crippen LogP contribution is -2.23. The van der Waals surface area contributed by atoms with E-state index in [2.05, 4.69) is 25.5 Å². The smallest absolute Gasteiger partial charge is 0.245 e. The summed E-state index contributed by atoms with van der Waals surface area (Å²) in [7, 11) is 0. The summed E-state index contributed by atoms with van der Waals surface area (Å²) < 4.78 is 12.0. The highest BCUT2D eigenvalue weighted by molar-refractivity contribution is 7.09. The Bertz CT molecular complexity index is 697. The molecule has 0 spiro atoms. The Morgan fingerprint density at radius 1 is 1.26 bits per heavy atom. The minimum absolute atomic E-state index is 0.00532. The maximum atomic E-state index is 6.20. The topological polar surface area (TPSA) is 64.3 Å². The van der Waals surface area contributed by atoms with E-state index in [9.17, 15) is 0 Å². The molecule has 0 radical (unpaired) electrons. The summed E-state index contributed by atoms with van der Waals surface area (Å²) in [5, 5.41) is 11.7. The molecular weight excluding hydrogens is 312 g/mol. The Morgan fingerprint density at radius 2 is 2.13 bits per heavy atom. The van der Waals surface area contributed by atoms with Crippen LogP contribution in [0.15, 0.2) is 9.80 Å². The molecule has 23 heavy (non-hydrogen) atoms. The molecule has 1 aliphatic carbocycles. The average Bonchev–Trinajstić information content (AvgIpc) is 2.90. The van der Waals surface area contributed by atoms with E-state index in [1.165, 1.54) is 17.8 Å². The number of nitrogens with zero attached hydrogens (tertiary/aromatic N) is 4. The molecular formula is C16H20N4O2S. The molecule has 3 aliphatic rings. The zero-order valence-electron chi connectivity index (χ0n) is 13.1. The number of thiazole rings is 1. The first-order valence-electron chi connectivity index (χ1n) is 8.36. The third-order valence-electron chi connectivity index (χ3n) is 5.00. The maximum Gasteiger partial charge on any atom is 0.245 e. The molecule has 6 nitrogen and oxygen atoms in total. The molecule has 0 N–H and O–H groups in total. The van der Waals surface area contributed by atoms with E-state index in [1.54, 1.807) is 11.3 Å². The number of hydrogen-bond acceptors (Lipinski definition) is 7. The minimum Gasteiger partial charge on any atom is -0.422 e. The number of ether oxygens (including phenoxy) is 1. The Morgan fingerprint density at radius 3 is 2.87 bits per heavy atom. The predicted octanol–water partition coefficient (Wildman–Crippen LogP) is 2.67. The van der Waals surface area contributed by atoms with Gasteiger partial charge < -0.3 is 9.15 Å². The van der Waals surface area contributed by atoms with Crippen molar-refractivity contribution in [3.05, 3.63) is 27.9 Å². The predicted molar refractivity (Wildman–Crippen MR) is 84.1 cm³/mol. The molecule has 0 unspecified atom stereocenters. The van der Waals surface area contributed by atoms with Crippen LogP contribution in [0, 0.1) is 12.8 Å². The minimum atomic E-state index is -0.00532. The fourth-order valence-corrected chi connectivity index (χ4v) is 4.49. The lowest BCUT2D eigenvalue weighted by Gasteiger charge is -2.16. The van der Waals surface area contributed by atoms with Crippen molar-refractivity contribution in [2.45, 2.75) is 50.9 Å². The highest BCUT2D eigenvalue weighted by Crippen LogP contribution is 2.43. The monoisotopic (exact) mass is 332 g/mol. The van der Waals surface area contributed by atoms with Crippen LogP contribution in [0.4, 0.5) is 0 Å². The first-order valence-corrected chi connectivity index (χ1v) is 9.24. The van der Waals surface area contributed by atoms with E-state index in [0.717, 1.165) is 37.6 Å². The first kappa shape index (κ1) is 14.1. The molecule has 2 saturated heterocycles. The molecule has 2 aromatic rings. The van der Waals surface area contributed by atoms with Crippen LogP contribution in [-0.4, -0.2) is 39.3 Å². The van der Waals surface area contributed by atoms with Crippen LogP contribution < -0.4 is 0 Å². The fraction of sp³-hybridized carbons (Fsp3) is 0.688. The van der Waals surface area contributed by atoms with Gasteiger partial charge in [0.15, 0.2) is 0 Å². The van der Waals surface area contributed by atoms with Crippen LogP contribution >= 0.6 is 11.3 Å². The summed E-state index contributed by atoms with van der Waals surface area (Å²) in [5.74, 6) is 2.57. The summed E-state index contributed by atoms with van der Waals surface area (Å²) in [6.45, 7) is 5.03. The standard InChI is InChI=1S/C16H20N4O2S/c1-9-8-23-14(17-9)7-20-5-11-4-12(21-13(11)6-20)16-19-18-15(22-16)10-2-3-10/h8,10-13H,2-7H2,1H3/t11-,12-,13+/m1/s1. The van der Waals surface area contributed by atoms with Crippen LogP contribution in [0.5, 0.6) is 0 Å². The zero-order valence-corrected chi connectivity index (χ0v) is 14.0. The van der Waals surface area contributed by atoms with E-state index in [1.807, 2.05) is 6.92 Å². The van der Waals surface area contributed by atoms with Crippen molar-refractivity contribution in [2.24, 2.45) is 5.92 Å². The molecule has 3 atom stereocenters. The lowest BCUT2D eigenvalue weighted by atomic mass is 10.0. The van der Waals surface area contributed by atoms with Gasteiger partial charge in [-0.2, -0.15) is 0 Å². The van der Waals surface area contributed by atoms with Crippen molar-refractivity contribution in [2.75, 3.05) is 13.1 Å². The second kappa shape index (κ2) is 5.36. The first-order chi connectivity index (χ1) is 11.2. The molecule has 3 fully saturated rings. The number of aryl methyl sites for hydroxylation is 1. The highest BCUT2D eigenvalue weighted by atomic mass is 32.1. The Kier molecular flexibility index (Phi) is 3.28. The van der Waals surface area contributed by atoms with Gasteiger partial charge in [-0.1, -0.05) is 0 Å². The zero-order chi connectivity index (χ0) is 15.4. The molecule has 0 bridgehead atoms. The maximum absolute atomic E-state index is 6.20. The Labute approximate surface area is 138 Å². The molecule has 0 amide bonds.